The number of amides is 1. The number of nitrogens with one attached hydrogen (secondary N) is 1. The molecule has 1 amide bonds. The molecule has 0 heterocycles. The molecule has 3 nitrogen and oxygen atoms in total. The summed E-state index contributed by atoms with van der Waals surface area (Å²) in [4.78, 5) is 12.0. The molecule has 0 saturated heterocycles. The van der Waals surface area contributed by atoms with Crippen molar-refractivity contribution in [3.05, 3.63) is 0 Å². The zero-order chi connectivity index (χ0) is 14.0. The minimum atomic E-state index is -0.581. The molecule has 3 heteroatoms. The average molecular weight is 264 g/mol. The third-order valence-electron chi connectivity index (χ3n) is 4.06. The highest BCUT2D eigenvalue weighted by Gasteiger charge is 2.31. The zero-order valence-corrected chi connectivity index (χ0v) is 12.3. The summed E-state index contributed by atoms with van der Waals surface area (Å²) >= 11 is 0. The zero-order valence-electron chi connectivity index (χ0n) is 12.3. The van der Waals surface area contributed by atoms with Crippen LogP contribution in [-0.4, -0.2) is 11.4 Å². The molecule has 0 unspecified atom stereocenters. The van der Waals surface area contributed by atoms with Crippen LogP contribution in [0.2, 0.25) is 0 Å². The Balaban J connectivity index is 2.40. The number of unbranched alkanes of at least 4 members (excludes halogenated alkanes) is 3. The molecule has 0 bridgehead atoms. The molecular weight excluding hydrogens is 236 g/mol. The van der Waals surface area contributed by atoms with Crippen LogP contribution in [0.15, 0.2) is 0 Å². The fraction of sp³-hybridized carbons (Fsp3) is 0.875. The van der Waals surface area contributed by atoms with Crippen LogP contribution in [0.25, 0.3) is 0 Å². The van der Waals surface area contributed by atoms with Crippen LogP contribution in [0.4, 0.5) is 0 Å². The summed E-state index contributed by atoms with van der Waals surface area (Å²) in [5.41, 5.74) is -0.581. The number of carbonyl (C=O) groups is 1. The molecule has 0 aliphatic heterocycles. The number of carbonyl (C=O) groups excluding carboxylic acids is 1. The fourth-order valence-electron chi connectivity index (χ4n) is 2.82. The summed E-state index contributed by atoms with van der Waals surface area (Å²) in [7, 11) is 0. The normalized spacial score (nSPS) is 18.9. The summed E-state index contributed by atoms with van der Waals surface area (Å²) in [6.45, 7) is 2.17. The molecular formula is C16H28N2O. The van der Waals surface area contributed by atoms with Gasteiger partial charge in [0.25, 0.3) is 0 Å². The highest BCUT2D eigenvalue weighted by molar-refractivity contribution is 5.77. The van der Waals surface area contributed by atoms with E-state index >= 15 is 0 Å². The molecule has 19 heavy (non-hydrogen) atoms. The molecule has 108 valence electrons. The molecule has 0 aromatic carbocycles. The van der Waals surface area contributed by atoms with Crippen molar-refractivity contribution in [1.82, 2.24) is 5.32 Å². The largest absolute Gasteiger partial charge is 0.338 e. The van der Waals surface area contributed by atoms with Crippen molar-refractivity contribution in [2.75, 3.05) is 0 Å². The monoisotopic (exact) mass is 264 g/mol. The Morgan fingerprint density at radius 1 is 1.11 bits per heavy atom. The number of rotatable bonds is 6. The van der Waals surface area contributed by atoms with Gasteiger partial charge in [-0.05, 0) is 19.3 Å². The van der Waals surface area contributed by atoms with Gasteiger partial charge in [0.1, 0.15) is 5.54 Å². The van der Waals surface area contributed by atoms with Crippen LogP contribution in [0.3, 0.4) is 0 Å². The quantitative estimate of drug-likeness (QED) is 0.735. The van der Waals surface area contributed by atoms with E-state index in [0.29, 0.717) is 6.42 Å². The summed E-state index contributed by atoms with van der Waals surface area (Å²) in [6, 6.07) is 2.39. The lowest BCUT2D eigenvalue weighted by Crippen LogP contribution is -2.47. The maximum absolute atomic E-state index is 12.0. The minimum Gasteiger partial charge on any atom is -0.338 e. The van der Waals surface area contributed by atoms with E-state index in [-0.39, 0.29) is 5.91 Å². The third-order valence-corrected chi connectivity index (χ3v) is 4.06. The van der Waals surface area contributed by atoms with E-state index < -0.39 is 5.54 Å². The second-order valence-corrected chi connectivity index (χ2v) is 5.82. The van der Waals surface area contributed by atoms with E-state index in [0.717, 1.165) is 38.5 Å². The summed E-state index contributed by atoms with van der Waals surface area (Å²) in [5, 5.41) is 12.5. The van der Waals surface area contributed by atoms with Crippen LogP contribution in [0, 0.1) is 11.3 Å². The van der Waals surface area contributed by atoms with E-state index in [1.807, 2.05) is 0 Å². The Morgan fingerprint density at radius 2 is 1.74 bits per heavy atom. The third kappa shape index (κ3) is 6.09. The smallest absolute Gasteiger partial charge is 0.221 e. The molecule has 1 rings (SSSR count). The molecule has 1 aliphatic rings. The van der Waals surface area contributed by atoms with Crippen molar-refractivity contribution in [2.24, 2.45) is 0 Å². The Hall–Kier alpha value is -1.04. The maximum Gasteiger partial charge on any atom is 0.221 e. The SMILES string of the molecule is CCCCCCC(=O)NC1(C#N)CCCCCCC1. The molecule has 0 aromatic rings. The van der Waals surface area contributed by atoms with Crippen LogP contribution in [0.5, 0.6) is 0 Å². The molecule has 0 radical (unpaired) electrons. The van der Waals surface area contributed by atoms with Crippen molar-refractivity contribution < 1.29 is 4.79 Å². The predicted molar refractivity (Wildman–Crippen MR) is 77.6 cm³/mol. The summed E-state index contributed by atoms with van der Waals surface area (Å²) in [5.74, 6) is 0.0678. The van der Waals surface area contributed by atoms with Gasteiger partial charge >= 0.3 is 0 Å². The van der Waals surface area contributed by atoms with Gasteiger partial charge in [-0.3, -0.25) is 4.79 Å². The van der Waals surface area contributed by atoms with Gasteiger partial charge in [0, 0.05) is 6.42 Å². The van der Waals surface area contributed by atoms with Crippen molar-refractivity contribution in [3.8, 4) is 6.07 Å². The van der Waals surface area contributed by atoms with E-state index in [4.69, 9.17) is 0 Å². The lowest BCUT2D eigenvalue weighted by molar-refractivity contribution is -0.122. The van der Waals surface area contributed by atoms with Crippen LogP contribution < -0.4 is 5.32 Å². The van der Waals surface area contributed by atoms with Crippen LogP contribution in [0.1, 0.15) is 84.0 Å². The Morgan fingerprint density at radius 3 is 2.32 bits per heavy atom. The van der Waals surface area contributed by atoms with Gasteiger partial charge in [-0.25, -0.2) is 0 Å². The van der Waals surface area contributed by atoms with E-state index in [9.17, 15) is 10.1 Å². The summed E-state index contributed by atoms with van der Waals surface area (Å²) < 4.78 is 0. The van der Waals surface area contributed by atoms with Gasteiger partial charge < -0.3 is 5.32 Å². The summed E-state index contributed by atoms with van der Waals surface area (Å²) in [6.07, 6.45) is 12.4. The second-order valence-electron chi connectivity index (χ2n) is 5.82. The average Bonchev–Trinajstić information content (AvgIpc) is 2.38. The van der Waals surface area contributed by atoms with Gasteiger partial charge in [0.15, 0.2) is 0 Å². The Bertz CT molecular complexity index is 298. The van der Waals surface area contributed by atoms with Crippen molar-refractivity contribution in [3.63, 3.8) is 0 Å². The first-order chi connectivity index (χ1) is 9.22. The molecule has 0 spiro atoms. The number of nitrogens with zero attached hydrogens (tertiary/aromatic N) is 1. The van der Waals surface area contributed by atoms with E-state index in [1.165, 1.54) is 32.1 Å². The van der Waals surface area contributed by atoms with Crippen LogP contribution >= 0.6 is 0 Å². The van der Waals surface area contributed by atoms with Gasteiger partial charge in [-0.15, -0.1) is 0 Å². The molecule has 1 saturated carbocycles. The van der Waals surface area contributed by atoms with Gasteiger partial charge in [-0.1, -0.05) is 58.3 Å². The lowest BCUT2D eigenvalue weighted by Gasteiger charge is -2.29. The van der Waals surface area contributed by atoms with E-state index in [1.54, 1.807) is 0 Å². The molecule has 1 N–H and O–H groups in total. The Labute approximate surface area is 117 Å². The van der Waals surface area contributed by atoms with E-state index in [2.05, 4.69) is 18.3 Å². The van der Waals surface area contributed by atoms with Gasteiger partial charge in [0.2, 0.25) is 5.91 Å². The molecule has 1 aliphatic carbocycles. The number of hydrogen-bond acceptors (Lipinski definition) is 2. The van der Waals surface area contributed by atoms with Crippen LogP contribution in [-0.2, 0) is 4.79 Å². The van der Waals surface area contributed by atoms with Crippen molar-refractivity contribution in [2.45, 2.75) is 89.5 Å². The first kappa shape index (κ1) is 16.0. The Kier molecular flexibility index (Phi) is 7.55. The highest BCUT2D eigenvalue weighted by atomic mass is 16.1. The minimum absolute atomic E-state index is 0.0678. The first-order valence-electron chi connectivity index (χ1n) is 7.95. The van der Waals surface area contributed by atoms with Crippen molar-refractivity contribution >= 4 is 5.91 Å². The van der Waals surface area contributed by atoms with Gasteiger partial charge in [0.05, 0.1) is 6.07 Å². The molecule has 0 aromatic heterocycles. The second kappa shape index (κ2) is 8.96. The lowest BCUT2D eigenvalue weighted by atomic mass is 9.85. The highest BCUT2D eigenvalue weighted by Crippen LogP contribution is 2.26. The first-order valence-corrected chi connectivity index (χ1v) is 7.95. The fourth-order valence-corrected chi connectivity index (χ4v) is 2.82. The number of hydrogen-bond donors (Lipinski definition) is 1. The molecule has 1 fully saturated rings. The van der Waals surface area contributed by atoms with Gasteiger partial charge in [-0.2, -0.15) is 5.26 Å². The maximum atomic E-state index is 12.0. The molecule has 0 atom stereocenters. The van der Waals surface area contributed by atoms with Crippen molar-refractivity contribution in [1.29, 1.82) is 5.26 Å². The predicted octanol–water partition coefficient (Wildman–Crippen LogP) is 4.08. The number of nitriles is 1. The standard InChI is InChI=1S/C16H28N2O/c1-2-3-4-8-11-15(19)18-16(14-17)12-9-6-5-7-10-13-16/h2-13H2,1H3,(H,18,19). The topological polar surface area (TPSA) is 52.9 Å².